The molecule has 0 spiro atoms. The van der Waals surface area contributed by atoms with Crippen molar-refractivity contribution in [3.05, 3.63) is 20.8 Å². The molecule has 0 aliphatic heterocycles. The molecule has 2 N–H and O–H groups in total. The molecule has 0 saturated carbocycles. The van der Waals surface area contributed by atoms with Gasteiger partial charge in [0.2, 0.25) is 5.91 Å². The molecule has 21 heavy (non-hydrogen) atoms. The average Bonchev–Trinajstić information content (AvgIpc) is 2.71. The Morgan fingerprint density at radius 2 is 2.14 bits per heavy atom. The van der Waals surface area contributed by atoms with Gasteiger partial charge in [-0.15, -0.1) is 11.3 Å². The lowest BCUT2D eigenvalue weighted by Gasteiger charge is -2.11. The van der Waals surface area contributed by atoms with Gasteiger partial charge in [0.1, 0.15) is 4.83 Å². The highest BCUT2D eigenvalue weighted by molar-refractivity contribution is 7.99. The molecule has 0 aliphatic rings. The molecular weight excluding hydrogens is 306 g/mol. The van der Waals surface area contributed by atoms with Crippen molar-refractivity contribution in [2.24, 2.45) is 5.73 Å². The Kier molecular flexibility index (Phi) is 5.05. The summed E-state index contributed by atoms with van der Waals surface area (Å²) in [4.78, 5) is 30.2. The number of fused-ring (bicyclic) bond motifs is 1. The highest BCUT2D eigenvalue weighted by Crippen LogP contribution is 2.28. The van der Waals surface area contributed by atoms with Gasteiger partial charge in [0.15, 0.2) is 5.16 Å². The molecule has 5 nitrogen and oxygen atoms in total. The highest BCUT2D eigenvalue weighted by Gasteiger charge is 2.16. The predicted octanol–water partition coefficient (Wildman–Crippen LogP) is 2.45. The number of primary amides is 1. The summed E-state index contributed by atoms with van der Waals surface area (Å²) in [6.45, 7) is 6.65. The van der Waals surface area contributed by atoms with Crippen LogP contribution >= 0.6 is 23.1 Å². The zero-order valence-electron chi connectivity index (χ0n) is 12.4. The number of nitrogens with two attached hydrogens (primary N) is 1. The van der Waals surface area contributed by atoms with Crippen molar-refractivity contribution < 1.29 is 4.79 Å². The Labute approximate surface area is 131 Å². The van der Waals surface area contributed by atoms with Gasteiger partial charge in [0.25, 0.3) is 5.56 Å². The molecule has 0 radical (unpaired) electrons. The van der Waals surface area contributed by atoms with E-state index >= 15 is 0 Å². The van der Waals surface area contributed by atoms with Gasteiger partial charge >= 0.3 is 0 Å². The van der Waals surface area contributed by atoms with Crippen LogP contribution in [0.25, 0.3) is 10.2 Å². The van der Waals surface area contributed by atoms with Crippen LogP contribution in [0.2, 0.25) is 0 Å². The molecule has 0 aromatic carbocycles. The maximum Gasteiger partial charge on any atom is 0.263 e. The van der Waals surface area contributed by atoms with Gasteiger partial charge in [0.05, 0.1) is 11.1 Å². The number of carbonyl (C=O) groups is 1. The number of thiophene rings is 1. The first-order chi connectivity index (χ1) is 9.95. The van der Waals surface area contributed by atoms with E-state index < -0.39 is 5.91 Å². The number of unbranched alkanes of at least 4 members (excludes halogenated alkanes) is 1. The van der Waals surface area contributed by atoms with E-state index in [0.717, 1.165) is 28.1 Å². The summed E-state index contributed by atoms with van der Waals surface area (Å²) < 4.78 is 1.68. The SMILES string of the molecule is CCCCn1c(SCC(N)=O)nc2sc(C)c(C)c2c1=O. The zero-order valence-corrected chi connectivity index (χ0v) is 14.1. The van der Waals surface area contributed by atoms with Gasteiger partial charge in [-0.3, -0.25) is 14.2 Å². The first-order valence-electron chi connectivity index (χ1n) is 6.87. The molecule has 0 fully saturated rings. The fourth-order valence-electron chi connectivity index (χ4n) is 2.07. The van der Waals surface area contributed by atoms with E-state index in [4.69, 9.17) is 5.73 Å². The van der Waals surface area contributed by atoms with Gasteiger partial charge < -0.3 is 5.73 Å². The lowest BCUT2D eigenvalue weighted by Crippen LogP contribution is -2.24. The smallest absolute Gasteiger partial charge is 0.263 e. The maximum atomic E-state index is 12.7. The van der Waals surface area contributed by atoms with E-state index in [2.05, 4.69) is 11.9 Å². The van der Waals surface area contributed by atoms with Crippen LogP contribution in [0.3, 0.4) is 0 Å². The van der Waals surface area contributed by atoms with E-state index in [-0.39, 0.29) is 11.3 Å². The molecule has 7 heteroatoms. The van der Waals surface area contributed by atoms with Crippen LogP contribution in [0.5, 0.6) is 0 Å². The second kappa shape index (κ2) is 6.62. The number of rotatable bonds is 6. The van der Waals surface area contributed by atoms with Gasteiger partial charge in [0, 0.05) is 11.4 Å². The second-order valence-electron chi connectivity index (χ2n) is 4.92. The number of nitrogens with zero attached hydrogens (tertiary/aromatic N) is 2. The largest absolute Gasteiger partial charge is 0.369 e. The van der Waals surface area contributed by atoms with Crippen LogP contribution in [-0.2, 0) is 11.3 Å². The summed E-state index contributed by atoms with van der Waals surface area (Å²) >= 11 is 2.75. The quantitative estimate of drug-likeness (QED) is 0.653. The molecule has 2 aromatic heterocycles. The normalized spacial score (nSPS) is 11.2. The third-order valence-corrected chi connectivity index (χ3v) is 5.43. The predicted molar refractivity (Wildman–Crippen MR) is 88.2 cm³/mol. The summed E-state index contributed by atoms with van der Waals surface area (Å²) in [5, 5.41) is 1.29. The molecule has 0 bridgehead atoms. The number of hydrogen-bond donors (Lipinski definition) is 1. The second-order valence-corrected chi connectivity index (χ2v) is 7.07. The number of hydrogen-bond acceptors (Lipinski definition) is 5. The topological polar surface area (TPSA) is 78.0 Å². The van der Waals surface area contributed by atoms with Crippen LogP contribution in [0.15, 0.2) is 9.95 Å². The van der Waals surface area contributed by atoms with E-state index in [1.165, 1.54) is 23.1 Å². The van der Waals surface area contributed by atoms with Crippen molar-refractivity contribution in [3.63, 3.8) is 0 Å². The van der Waals surface area contributed by atoms with Crippen LogP contribution in [-0.4, -0.2) is 21.2 Å². The number of carbonyl (C=O) groups excluding carboxylic acids is 1. The molecular formula is C14H19N3O2S2. The molecule has 0 saturated heterocycles. The Morgan fingerprint density at radius 3 is 2.76 bits per heavy atom. The summed E-state index contributed by atoms with van der Waals surface area (Å²) in [6.07, 6.45) is 1.89. The van der Waals surface area contributed by atoms with Gasteiger partial charge in [-0.2, -0.15) is 0 Å². The van der Waals surface area contributed by atoms with Crippen molar-refractivity contribution in [1.29, 1.82) is 0 Å². The Hall–Kier alpha value is -1.34. The summed E-state index contributed by atoms with van der Waals surface area (Å²) in [7, 11) is 0. The van der Waals surface area contributed by atoms with Crippen molar-refractivity contribution in [2.75, 3.05) is 5.75 Å². The fourth-order valence-corrected chi connectivity index (χ4v) is 3.90. The lowest BCUT2D eigenvalue weighted by atomic mass is 10.2. The van der Waals surface area contributed by atoms with Gasteiger partial charge in [-0.05, 0) is 25.8 Å². The minimum absolute atomic E-state index is 0.0118. The summed E-state index contributed by atoms with van der Waals surface area (Å²) in [6, 6.07) is 0. The highest BCUT2D eigenvalue weighted by atomic mass is 32.2. The monoisotopic (exact) mass is 325 g/mol. The molecule has 0 atom stereocenters. The zero-order chi connectivity index (χ0) is 15.6. The van der Waals surface area contributed by atoms with Gasteiger partial charge in [-0.1, -0.05) is 25.1 Å². The number of aryl methyl sites for hydroxylation is 2. The van der Waals surface area contributed by atoms with Crippen LogP contribution in [0.1, 0.15) is 30.2 Å². The van der Waals surface area contributed by atoms with Crippen molar-refractivity contribution in [2.45, 2.75) is 45.3 Å². The van der Waals surface area contributed by atoms with E-state index in [1.807, 2.05) is 13.8 Å². The van der Waals surface area contributed by atoms with Crippen LogP contribution in [0.4, 0.5) is 0 Å². The van der Waals surface area contributed by atoms with Crippen molar-refractivity contribution in [1.82, 2.24) is 9.55 Å². The molecule has 1 amide bonds. The molecule has 0 aliphatic carbocycles. The number of thioether (sulfide) groups is 1. The van der Waals surface area contributed by atoms with E-state index in [9.17, 15) is 9.59 Å². The molecule has 0 unspecified atom stereocenters. The lowest BCUT2D eigenvalue weighted by molar-refractivity contribution is -0.115. The number of amides is 1. The minimum Gasteiger partial charge on any atom is -0.369 e. The van der Waals surface area contributed by atoms with E-state index in [0.29, 0.717) is 17.1 Å². The Balaban J connectivity index is 2.58. The molecule has 114 valence electrons. The Bertz CT molecular complexity index is 734. The summed E-state index contributed by atoms with van der Waals surface area (Å²) in [5.74, 6) is -0.275. The number of aromatic nitrogens is 2. The van der Waals surface area contributed by atoms with E-state index in [1.54, 1.807) is 4.57 Å². The molecule has 2 rings (SSSR count). The summed E-state index contributed by atoms with van der Waals surface area (Å²) in [5.41, 5.74) is 6.19. The van der Waals surface area contributed by atoms with Crippen molar-refractivity contribution >= 4 is 39.2 Å². The standard InChI is InChI=1S/C14H19N3O2S2/c1-4-5-6-17-13(19)11-8(2)9(3)21-12(11)16-14(17)20-7-10(15)18/h4-7H2,1-3H3,(H2,15,18). The average molecular weight is 325 g/mol. The fraction of sp³-hybridized carbons (Fsp3) is 0.500. The maximum absolute atomic E-state index is 12.7. The first kappa shape index (κ1) is 16.0. The van der Waals surface area contributed by atoms with Crippen LogP contribution < -0.4 is 11.3 Å². The molecule has 2 aromatic rings. The first-order valence-corrected chi connectivity index (χ1v) is 8.67. The van der Waals surface area contributed by atoms with Crippen molar-refractivity contribution in [3.8, 4) is 0 Å². The molecule has 2 heterocycles. The van der Waals surface area contributed by atoms with Crippen LogP contribution in [0, 0.1) is 13.8 Å². The third-order valence-electron chi connectivity index (χ3n) is 3.33. The third kappa shape index (κ3) is 3.29. The Morgan fingerprint density at radius 1 is 1.43 bits per heavy atom. The van der Waals surface area contributed by atoms with Gasteiger partial charge in [-0.25, -0.2) is 4.98 Å². The minimum atomic E-state index is -0.407.